The lowest BCUT2D eigenvalue weighted by Gasteiger charge is -2.22. The number of aliphatic imine (C=N–C) groups is 1. The highest BCUT2D eigenvalue weighted by Gasteiger charge is 2.49. The first-order valence-electron chi connectivity index (χ1n) is 12.3. The lowest BCUT2D eigenvalue weighted by Crippen LogP contribution is -2.30. The van der Waals surface area contributed by atoms with E-state index in [0.717, 1.165) is 24.2 Å². The molecule has 2 aliphatic carbocycles. The molecule has 2 aromatic rings. The third-order valence-electron chi connectivity index (χ3n) is 7.48. The van der Waals surface area contributed by atoms with E-state index in [1.807, 2.05) is 26.8 Å². The number of rotatable bonds is 6. The van der Waals surface area contributed by atoms with E-state index in [1.165, 1.54) is 18.2 Å². The van der Waals surface area contributed by atoms with Gasteiger partial charge in [0.05, 0.1) is 29.2 Å². The number of aromatic nitrogens is 2. The number of fused-ring (bicyclic) bond motifs is 1. The summed E-state index contributed by atoms with van der Waals surface area (Å²) in [4.78, 5) is 22.1. The van der Waals surface area contributed by atoms with E-state index in [2.05, 4.69) is 15.3 Å². The van der Waals surface area contributed by atoms with Crippen molar-refractivity contribution in [1.82, 2.24) is 9.55 Å². The lowest BCUT2D eigenvalue weighted by atomic mass is 9.92. The van der Waals surface area contributed by atoms with Crippen LogP contribution in [0.1, 0.15) is 68.6 Å². The highest BCUT2D eigenvalue weighted by Crippen LogP contribution is 2.54. The SMILES string of the molecule is Cn1cnc(C2CC3CC(O)(CN=C/C=C(\N)C(C)(C)C)CC3C2)c1C(=O)Nc1ccc(F)c(Cl)c1. The van der Waals surface area contributed by atoms with E-state index in [0.29, 0.717) is 42.6 Å². The quantitative estimate of drug-likeness (QED) is 0.467. The number of nitrogens with two attached hydrogens (primary N) is 1. The third kappa shape index (κ3) is 5.65. The van der Waals surface area contributed by atoms with Gasteiger partial charge in [-0.15, -0.1) is 0 Å². The average molecular weight is 516 g/mol. The van der Waals surface area contributed by atoms with Crippen LogP contribution in [0.5, 0.6) is 0 Å². The molecule has 2 saturated carbocycles. The van der Waals surface area contributed by atoms with Gasteiger partial charge in [0.1, 0.15) is 11.5 Å². The fourth-order valence-electron chi connectivity index (χ4n) is 5.52. The summed E-state index contributed by atoms with van der Waals surface area (Å²) in [5.41, 5.74) is 7.57. The number of carbonyl (C=O) groups excluding carboxylic acids is 1. The van der Waals surface area contributed by atoms with E-state index in [9.17, 15) is 14.3 Å². The molecule has 1 aromatic carbocycles. The van der Waals surface area contributed by atoms with E-state index >= 15 is 0 Å². The Morgan fingerprint density at radius 1 is 1.36 bits per heavy atom. The minimum absolute atomic E-state index is 0.0489. The predicted molar refractivity (Wildman–Crippen MR) is 141 cm³/mol. The number of aryl methyl sites for hydroxylation is 1. The number of halogens is 2. The fourth-order valence-corrected chi connectivity index (χ4v) is 5.70. The number of hydrogen-bond donors (Lipinski definition) is 3. The molecule has 1 amide bonds. The lowest BCUT2D eigenvalue weighted by molar-refractivity contribution is 0.0478. The van der Waals surface area contributed by atoms with Crippen LogP contribution in [0, 0.1) is 23.1 Å². The molecule has 2 aliphatic rings. The largest absolute Gasteiger partial charge is 0.402 e. The van der Waals surface area contributed by atoms with Crippen LogP contribution < -0.4 is 11.1 Å². The number of carbonyl (C=O) groups is 1. The number of anilines is 1. The second-order valence-electron chi connectivity index (χ2n) is 11.4. The van der Waals surface area contributed by atoms with Gasteiger partial charge in [0.2, 0.25) is 0 Å². The summed E-state index contributed by atoms with van der Waals surface area (Å²) in [5.74, 6) is 0.0161. The molecule has 0 spiro atoms. The second-order valence-corrected chi connectivity index (χ2v) is 11.8. The van der Waals surface area contributed by atoms with Gasteiger partial charge in [0, 0.05) is 36.0 Å². The molecule has 1 heterocycles. The van der Waals surface area contributed by atoms with Crippen molar-refractivity contribution in [2.45, 2.75) is 58.0 Å². The number of benzene rings is 1. The van der Waals surface area contributed by atoms with Crippen LogP contribution >= 0.6 is 11.6 Å². The summed E-state index contributed by atoms with van der Waals surface area (Å²) in [6.45, 7) is 6.49. The molecule has 36 heavy (non-hydrogen) atoms. The number of imidazole rings is 1. The van der Waals surface area contributed by atoms with Crippen LogP contribution in [0.15, 0.2) is 41.3 Å². The predicted octanol–water partition coefficient (Wildman–Crippen LogP) is 5.06. The Morgan fingerprint density at radius 3 is 2.64 bits per heavy atom. The molecular weight excluding hydrogens is 481 g/mol. The first-order valence-corrected chi connectivity index (χ1v) is 12.7. The number of hydrogen-bond acceptors (Lipinski definition) is 5. The number of nitrogens with one attached hydrogen (secondary N) is 1. The number of aliphatic hydroxyl groups is 1. The Bertz CT molecular complexity index is 1190. The Balaban J connectivity index is 1.39. The van der Waals surface area contributed by atoms with Crippen molar-refractivity contribution in [2.75, 3.05) is 11.9 Å². The van der Waals surface area contributed by atoms with Crippen LogP contribution in [0.4, 0.5) is 10.1 Å². The maximum Gasteiger partial charge on any atom is 0.274 e. The first-order chi connectivity index (χ1) is 16.9. The Kier molecular flexibility index (Phi) is 7.30. The average Bonchev–Trinajstić information content (AvgIpc) is 3.44. The third-order valence-corrected chi connectivity index (χ3v) is 7.77. The molecule has 2 atom stereocenters. The van der Waals surface area contributed by atoms with Crippen molar-refractivity contribution >= 4 is 29.4 Å². The van der Waals surface area contributed by atoms with E-state index in [4.69, 9.17) is 17.3 Å². The molecule has 2 fully saturated rings. The number of allylic oxidation sites excluding steroid dienone is 2. The van der Waals surface area contributed by atoms with Crippen LogP contribution in [-0.4, -0.2) is 38.9 Å². The van der Waals surface area contributed by atoms with E-state index in [-0.39, 0.29) is 22.3 Å². The van der Waals surface area contributed by atoms with Gasteiger partial charge in [-0.2, -0.15) is 0 Å². The van der Waals surface area contributed by atoms with Crippen molar-refractivity contribution in [1.29, 1.82) is 0 Å². The molecule has 0 aliphatic heterocycles. The second kappa shape index (κ2) is 9.98. The summed E-state index contributed by atoms with van der Waals surface area (Å²) < 4.78 is 15.2. The number of nitrogens with zero attached hydrogens (tertiary/aromatic N) is 3. The molecule has 0 saturated heterocycles. The van der Waals surface area contributed by atoms with E-state index < -0.39 is 11.4 Å². The van der Waals surface area contributed by atoms with Crippen molar-refractivity contribution in [2.24, 2.45) is 35.0 Å². The maximum absolute atomic E-state index is 13.5. The zero-order valence-corrected chi connectivity index (χ0v) is 22.0. The van der Waals surface area contributed by atoms with E-state index in [1.54, 1.807) is 24.2 Å². The summed E-state index contributed by atoms with van der Waals surface area (Å²) in [7, 11) is 1.79. The molecular formula is C27H35ClFN5O2. The molecule has 9 heteroatoms. The smallest absolute Gasteiger partial charge is 0.274 e. The monoisotopic (exact) mass is 515 g/mol. The topological polar surface area (TPSA) is 106 Å². The fraction of sp³-hybridized carbons (Fsp3) is 0.519. The first kappa shape index (κ1) is 26.4. The summed E-state index contributed by atoms with van der Waals surface area (Å²) >= 11 is 5.86. The zero-order valence-electron chi connectivity index (χ0n) is 21.3. The summed E-state index contributed by atoms with van der Waals surface area (Å²) in [6.07, 6.45) is 8.27. The van der Waals surface area contributed by atoms with Crippen LogP contribution in [0.2, 0.25) is 5.02 Å². The van der Waals surface area contributed by atoms with Crippen molar-refractivity contribution in [3.8, 4) is 0 Å². The maximum atomic E-state index is 13.5. The van der Waals surface area contributed by atoms with Gasteiger partial charge in [-0.05, 0) is 61.8 Å². The van der Waals surface area contributed by atoms with Crippen molar-refractivity contribution in [3.05, 3.63) is 58.5 Å². The molecule has 7 nitrogen and oxygen atoms in total. The molecule has 1 aromatic heterocycles. The standard InChI is InChI=1S/C27H35ClFN5O2/c1-26(2,3)22(30)7-8-31-14-27(36)12-17-9-16(10-18(17)13-27)23-24(34(4)15-32-23)25(35)33-19-5-6-21(29)20(28)11-19/h5-8,11,15-18,36H,9-10,12-14,30H2,1-4H3,(H,33,35)/b22-7-,31-8?. The van der Waals surface area contributed by atoms with Crippen LogP contribution in [0.25, 0.3) is 0 Å². The minimum atomic E-state index is -0.812. The molecule has 4 N–H and O–H groups in total. The molecule has 0 bridgehead atoms. The normalized spacial score (nSPS) is 26.5. The Morgan fingerprint density at radius 2 is 2.03 bits per heavy atom. The Hall–Kier alpha value is -2.71. The number of amides is 1. The van der Waals surface area contributed by atoms with Gasteiger partial charge in [-0.1, -0.05) is 32.4 Å². The highest BCUT2D eigenvalue weighted by molar-refractivity contribution is 6.31. The molecule has 2 unspecified atom stereocenters. The molecule has 0 radical (unpaired) electrons. The van der Waals surface area contributed by atoms with Gasteiger partial charge in [0.15, 0.2) is 0 Å². The molecule has 4 rings (SSSR count). The Labute approximate surface area is 216 Å². The van der Waals surface area contributed by atoms with Crippen molar-refractivity contribution in [3.63, 3.8) is 0 Å². The summed E-state index contributed by atoms with van der Waals surface area (Å²) in [6, 6.07) is 4.09. The van der Waals surface area contributed by atoms with Crippen LogP contribution in [0.3, 0.4) is 0 Å². The summed E-state index contributed by atoms with van der Waals surface area (Å²) in [5, 5.41) is 13.9. The van der Waals surface area contributed by atoms with Crippen LogP contribution in [-0.2, 0) is 7.05 Å². The highest BCUT2D eigenvalue weighted by atomic mass is 35.5. The zero-order chi connectivity index (χ0) is 26.3. The van der Waals surface area contributed by atoms with Gasteiger partial charge in [-0.3, -0.25) is 9.79 Å². The minimum Gasteiger partial charge on any atom is -0.402 e. The van der Waals surface area contributed by atoms with Gasteiger partial charge in [-0.25, -0.2) is 9.37 Å². The van der Waals surface area contributed by atoms with Crippen molar-refractivity contribution < 1.29 is 14.3 Å². The van der Waals surface area contributed by atoms with Gasteiger partial charge < -0.3 is 20.7 Å². The molecule has 194 valence electrons. The van der Waals surface area contributed by atoms with Gasteiger partial charge >= 0.3 is 0 Å². The van der Waals surface area contributed by atoms with Gasteiger partial charge in [0.25, 0.3) is 5.91 Å².